The van der Waals surface area contributed by atoms with Crippen LogP contribution in [0.15, 0.2) is 6.07 Å². The lowest BCUT2D eigenvalue weighted by Crippen LogP contribution is -2.06. The molecule has 1 fully saturated rings. The first kappa shape index (κ1) is 10.7. The number of methoxy groups -OCH3 is 1. The Kier molecular flexibility index (Phi) is 3.45. The smallest absolute Gasteiger partial charge is 0.137 e. The van der Waals surface area contributed by atoms with Crippen LogP contribution in [-0.4, -0.2) is 23.7 Å². The summed E-state index contributed by atoms with van der Waals surface area (Å²) in [6.07, 6.45) is 2.17. The zero-order valence-corrected chi connectivity index (χ0v) is 9.47. The second-order valence-corrected chi connectivity index (χ2v) is 3.98. The first-order chi connectivity index (χ1) is 7.29. The fourth-order valence-corrected chi connectivity index (χ4v) is 1.95. The van der Waals surface area contributed by atoms with Crippen LogP contribution in [0.1, 0.15) is 30.5 Å². The van der Waals surface area contributed by atoms with Gasteiger partial charge >= 0.3 is 0 Å². The number of nitrogens with one attached hydrogen (secondary N) is 1. The lowest BCUT2D eigenvalue weighted by Gasteiger charge is -2.10. The summed E-state index contributed by atoms with van der Waals surface area (Å²) in [4.78, 5) is 7.48. The summed E-state index contributed by atoms with van der Waals surface area (Å²) in [5.41, 5.74) is 0.947. The highest BCUT2D eigenvalue weighted by atomic mass is 32.1. The van der Waals surface area contributed by atoms with E-state index >= 15 is 0 Å². The Balaban J connectivity index is 2.26. The molecule has 2 rings (SSSR count). The van der Waals surface area contributed by atoms with E-state index in [-0.39, 0.29) is 6.10 Å². The van der Waals surface area contributed by atoms with Crippen LogP contribution >= 0.6 is 12.2 Å². The summed E-state index contributed by atoms with van der Waals surface area (Å²) >= 11 is 5.09. The molecule has 1 atom stereocenters. The van der Waals surface area contributed by atoms with Gasteiger partial charge in [0.05, 0.1) is 6.61 Å². The minimum absolute atomic E-state index is 0.0727. The minimum Gasteiger partial charge on any atom is -0.378 e. The molecule has 1 aliphatic heterocycles. The van der Waals surface area contributed by atoms with Gasteiger partial charge in [0, 0.05) is 19.4 Å². The minimum atomic E-state index is 0.0727. The van der Waals surface area contributed by atoms with Crippen molar-refractivity contribution in [2.75, 3.05) is 13.7 Å². The number of hydrogen-bond acceptors (Lipinski definition) is 4. The van der Waals surface area contributed by atoms with Crippen LogP contribution < -0.4 is 0 Å². The van der Waals surface area contributed by atoms with Crippen molar-refractivity contribution in [1.82, 2.24) is 9.97 Å². The zero-order valence-electron chi connectivity index (χ0n) is 8.66. The molecule has 0 radical (unpaired) electrons. The van der Waals surface area contributed by atoms with Gasteiger partial charge in [-0.2, -0.15) is 0 Å². The van der Waals surface area contributed by atoms with Crippen molar-refractivity contribution in [3.8, 4) is 0 Å². The molecule has 1 aromatic heterocycles. The normalized spacial score (nSPS) is 20.7. The Morgan fingerprint density at radius 3 is 3.27 bits per heavy atom. The molecule has 1 aliphatic rings. The van der Waals surface area contributed by atoms with E-state index in [1.165, 1.54) is 0 Å². The standard InChI is InChI=1S/C10H14N2O2S/c1-13-6-7-5-9(15)12-10(11-7)8-3-2-4-14-8/h5,8H,2-4,6H2,1H3,(H,11,12,15). The number of H-pyrrole nitrogens is 1. The summed E-state index contributed by atoms with van der Waals surface area (Å²) in [5, 5.41) is 0. The Morgan fingerprint density at radius 1 is 1.73 bits per heavy atom. The first-order valence-electron chi connectivity index (χ1n) is 5.00. The third-order valence-electron chi connectivity index (χ3n) is 2.35. The number of nitrogens with zero attached hydrogens (tertiary/aromatic N) is 1. The molecule has 0 saturated carbocycles. The monoisotopic (exact) mass is 226 g/mol. The predicted octanol–water partition coefficient (Wildman–Crippen LogP) is 2.14. The van der Waals surface area contributed by atoms with Gasteiger partial charge in [-0.1, -0.05) is 12.2 Å². The van der Waals surface area contributed by atoms with Gasteiger partial charge < -0.3 is 14.5 Å². The van der Waals surface area contributed by atoms with E-state index in [0.29, 0.717) is 11.2 Å². The van der Waals surface area contributed by atoms with Gasteiger partial charge in [-0.15, -0.1) is 0 Å². The third-order valence-corrected chi connectivity index (χ3v) is 2.56. The maximum Gasteiger partial charge on any atom is 0.137 e. The van der Waals surface area contributed by atoms with Gasteiger partial charge in [-0.25, -0.2) is 4.98 Å². The zero-order chi connectivity index (χ0) is 10.7. The highest BCUT2D eigenvalue weighted by Gasteiger charge is 2.19. The second-order valence-electron chi connectivity index (χ2n) is 3.56. The quantitative estimate of drug-likeness (QED) is 0.802. The van der Waals surface area contributed by atoms with E-state index in [1.54, 1.807) is 7.11 Å². The fraction of sp³-hybridized carbons (Fsp3) is 0.600. The van der Waals surface area contributed by atoms with E-state index in [9.17, 15) is 0 Å². The van der Waals surface area contributed by atoms with Crippen LogP contribution in [-0.2, 0) is 16.1 Å². The van der Waals surface area contributed by atoms with Crippen LogP contribution in [0, 0.1) is 4.64 Å². The highest BCUT2D eigenvalue weighted by Crippen LogP contribution is 2.25. The van der Waals surface area contributed by atoms with Gasteiger partial charge in [0.25, 0.3) is 0 Å². The summed E-state index contributed by atoms with van der Waals surface area (Å²) in [5.74, 6) is 0.826. The van der Waals surface area contributed by atoms with Gasteiger partial charge in [-0.3, -0.25) is 0 Å². The Morgan fingerprint density at radius 2 is 2.60 bits per heavy atom. The van der Waals surface area contributed by atoms with Gasteiger partial charge in [0.15, 0.2) is 0 Å². The van der Waals surface area contributed by atoms with Crippen LogP contribution in [0.5, 0.6) is 0 Å². The third kappa shape index (κ3) is 2.62. The van der Waals surface area contributed by atoms with Crippen molar-refractivity contribution in [2.24, 2.45) is 0 Å². The molecule has 15 heavy (non-hydrogen) atoms. The SMILES string of the molecule is COCc1cc(=S)nc(C2CCCO2)[nH]1. The van der Waals surface area contributed by atoms with Crippen LogP contribution in [0.25, 0.3) is 0 Å². The Hall–Kier alpha value is -0.780. The molecule has 0 spiro atoms. The Bertz CT molecular complexity index is 385. The molecule has 82 valence electrons. The van der Waals surface area contributed by atoms with Crippen molar-refractivity contribution in [3.63, 3.8) is 0 Å². The molecule has 5 heteroatoms. The highest BCUT2D eigenvalue weighted by molar-refractivity contribution is 7.71. The maximum absolute atomic E-state index is 5.55. The summed E-state index contributed by atoms with van der Waals surface area (Å²) in [7, 11) is 1.66. The molecular weight excluding hydrogens is 212 g/mol. The fourth-order valence-electron chi connectivity index (χ4n) is 1.71. The molecular formula is C10H14N2O2S. The van der Waals surface area contributed by atoms with Gasteiger partial charge in [-0.05, 0) is 18.9 Å². The number of hydrogen-bond donors (Lipinski definition) is 1. The molecule has 0 bridgehead atoms. The van der Waals surface area contributed by atoms with E-state index in [0.717, 1.165) is 31.0 Å². The maximum atomic E-state index is 5.55. The molecule has 1 unspecified atom stereocenters. The van der Waals surface area contributed by atoms with Crippen molar-refractivity contribution >= 4 is 12.2 Å². The van der Waals surface area contributed by atoms with Crippen molar-refractivity contribution in [2.45, 2.75) is 25.6 Å². The van der Waals surface area contributed by atoms with Crippen molar-refractivity contribution < 1.29 is 9.47 Å². The summed E-state index contributed by atoms with van der Waals surface area (Å²) < 4.78 is 11.2. The predicted molar refractivity (Wildman–Crippen MR) is 58.1 cm³/mol. The van der Waals surface area contributed by atoms with Crippen LogP contribution in [0.3, 0.4) is 0 Å². The van der Waals surface area contributed by atoms with Crippen LogP contribution in [0.4, 0.5) is 0 Å². The molecule has 1 aromatic rings. The number of rotatable bonds is 3. The molecule has 0 amide bonds. The topological polar surface area (TPSA) is 47.1 Å². The summed E-state index contributed by atoms with van der Waals surface area (Å²) in [6.45, 7) is 1.33. The van der Waals surface area contributed by atoms with E-state index < -0.39 is 0 Å². The molecule has 1 saturated heterocycles. The van der Waals surface area contributed by atoms with Gasteiger partial charge in [0.2, 0.25) is 0 Å². The number of aromatic nitrogens is 2. The lowest BCUT2D eigenvalue weighted by molar-refractivity contribution is 0.104. The first-order valence-corrected chi connectivity index (χ1v) is 5.41. The molecule has 0 aromatic carbocycles. The number of ether oxygens (including phenoxy) is 2. The van der Waals surface area contributed by atoms with Gasteiger partial charge in [0.1, 0.15) is 16.6 Å². The average molecular weight is 226 g/mol. The van der Waals surface area contributed by atoms with E-state index in [2.05, 4.69) is 9.97 Å². The largest absolute Gasteiger partial charge is 0.378 e. The van der Waals surface area contributed by atoms with Crippen molar-refractivity contribution in [1.29, 1.82) is 0 Å². The number of aromatic amines is 1. The summed E-state index contributed by atoms with van der Waals surface area (Å²) in [6, 6.07) is 1.82. The molecule has 4 nitrogen and oxygen atoms in total. The second kappa shape index (κ2) is 4.83. The van der Waals surface area contributed by atoms with E-state index in [4.69, 9.17) is 21.7 Å². The van der Waals surface area contributed by atoms with Crippen molar-refractivity contribution in [3.05, 3.63) is 22.2 Å². The molecule has 1 N–H and O–H groups in total. The Labute approximate surface area is 93.6 Å². The van der Waals surface area contributed by atoms with E-state index in [1.807, 2.05) is 6.07 Å². The average Bonchev–Trinajstić information content (AvgIpc) is 2.70. The molecule has 2 heterocycles. The van der Waals surface area contributed by atoms with Crippen LogP contribution in [0.2, 0.25) is 0 Å². The lowest BCUT2D eigenvalue weighted by atomic mass is 10.2. The molecule has 0 aliphatic carbocycles.